The molecule has 1 heterocycles. The van der Waals surface area contributed by atoms with Gasteiger partial charge in [-0.3, -0.25) is 10.1 Å². The first-order valence-electron chi connectivity index (χ1n) is 6.24. The van der Waals surface area contributed by atoms with Gasteiger partial charge in [-0.05, 0) is 38.5 Å². The Morgan fingerprint density at radius 1 is 1.24 bits per heavy atom. The Kier molecular flexibility index (Phi) is 4.15. The van der Waals surface area contributed by atoms with Crippen molar-refractivity contribution in [1.29, 1.82) is 0 Å². The molecule has 1 aromatic heterocycles. The normalized spacial score (nSPS) is 11.4. The van der Waals surface area contributed by atoms with E-state index < -0.39 is 9.84 Å². The molecule has 2 aromatic rings. The molecule has 0 saturated carbocycles. The molecule has 21 heavy (non-hydrogen) atoms. The summed E-state index contributed by atoms with van der Waals surface area (Å²) in [5, 5.41) is 3.23. The Hall–Kier alpha value is -1.73. The van der Waals surface area contributed by atoms with E-state index in [0.29, 0.717) is 16.3 Å². The second-order valence-electron chi connectivity index (χ2n) is 4.86. The lowest BCUT2D eigenvalue weighted by Gasteiger charge is -2.07. The number of benzene rings is 1. The minimum atomic E-state index is -3.34. The summed E-state index contributed by atoms with van der Waals surface area (Å²) in [6.45, 7) is 5.56. The molecule has 0 aliphatic heterocycles. The van der Waals surface area contributed by atoms with E-state index in [1.54, 1.807) is 13.0 Å². The number of rotatable bonds is 3. The SMILES string of the molecule is Cc1ccc(S(C)(=O)=O)cc1C(=O)Nc1nc(C)c(C)s1. The molecule has 1 aromatic carbocycles. The maximum atomic E-state index is 12.3. The Labute approximate surface area is 128 Å². The van der Waals surface area contributed by atoms with Crippen LogP contribution in [0.15, 0.2) is 23.1 Å². The van der Waals surface area contributed by atoms with E-state index in [1.807, 2.05) is 13.8 Å². The van der Waals surface area contributed by atoms with Crippen LogP contribution in [0.4, 0.5) is 5.13 Å². The Bertz CT molecular complexity index is 788. The fourth-order valence-corrected chi connectivity index (χ4v) is 3.22. The quantitative estimate of drug-likeness (QED) is 0.942. The van der Waals surface area contributed by atoms with Gasteiger partial charge in [0.1, 0.15) is 0 Å². The van der Waals surface area contributed by atoms with Gasteiger partial charge in [-0.25, -0.2) is 13.4 Å². The number of aromatic nitrogens is 1. The van der Waals surface area contributed by atoms with Crippen LogP contribution in [0.25, 0.3) is 0 Å². The molecule has 0 saturated heterocycles. The standard InChI is InChI=1S/C14H16N2O3S2/c1-8-5-6-11(21(4,18)19)7-12(8)13(17)16-14-15-9(2)10(3)20-14/h5-7H,1-4H3,(H,15,16,17). The fourth-order valence-electron chi connectivity index (χ4n) is 1.77. The van der Waals surface area contributed by atoms with Crippen LogP contribution >= 0.6 is 11.3 Å². The van der Waals surface area contributed by atoms with E-state index in [1.165, 1.54) is 23.5 Å². The molecule has 0 spiro atoms. The summed E-state index contributed by atoms with van der Waals surface area (Å²) in [4.78, 5) is 17.7. The van der Waals surface area contributed by atoms with Crippen LogP contribution in [-0.4, -0.2) is 25.6 Å². The monoisotopic (exact) mass is 324 g/mol. The zero-order valence-electron chi connectivity index (χ0n) is 12.2. The number of thiazole rings is 1. The zero-order valence-corrected chi connectivity index (χ0v) is 13.9. The number of hydrogen-bond acceptors (Lipinski definition) is 5. The molecule has 1 amide bonds. The van der Waals surface area contributed by atoms with Crippen molar-refractivity contribution >= 4 is 32.2 Å². The van der Waals surface area contributed by atoms with Crippen molar-refractivity contribution in [3.05, 3.63) is 39.9 Å². The maximum Gasteiger partial charge on any atom is 0.257 e. The van der Waals surface area contributed by atoms with Crippen molar-refractivity contribution in [2.24, 2.45) is 0 Å². The molecular formula is C14H16N2O3S2. The van der Waals surface area contributed by atoms with Gasteiger partial charge in [-0.15, -0.1) is 11.3 Å². The molecule has 1 N–H and O–H groups in total. The third-order valence-corrected chi connectivity index (χ3v) is 5.23. The number of sulfone groups is 1. The lowest BCUT2D eigenvalue weighted by Crippen LogP contribution is -2.14. The van der Waals surface area contributed by atoms with Gasteiger partial charge in [0.05, 0.1) is 10.6 Å². The average molecular weight is 324 g/mol. The van der Waals surface area contributed by atoms with Crippen molar-refractivity contribution < 1.29 is 13.2 Å². The number of nitrogens with zero attached hydrogens (tertiary/aromatic N) is 1. The summed E-state index contributed by atoms with van der Waals surface area (Å²) in [6.07, 6.45) is 1.12. The van der Waals surface area contributed by atoms with Gasteiger partial charge in [0.15, 0.2) is 15.0 Å². The number of carbonyl (C=O) groups excluding carboxylic acids is 1. The number of aryl methyl sites for hydroxylation is 3. The smallest absolute Gasteiger partial charge is 0.257 e. The van der Waals surface area contributed by atoms with E-state index in [0.717, 1.165) is 16.8 Å². The largest absolute Gasteiger partial charge is 0.298 e. The molecule has 0 unspecified atom stereocenters. The molecular weight excluding hydrogens is 308 g/mol. The predicted octanol–water partition coefficient (Wildman–Crippen LogP) is 2.72. The number of nitrogens with one attached hydrogen (secondary N) is 1. The minimum Gasteiger partial charge on any atom is -0.298 e. The fraction of sp³-hybridized carbons (Fsp3) is 0.286. The Balaban J connectivity index is 2.34. The van der Waals surface area contributed by atoms with Crippen molar-refractivity contribution in [2.75, 3.05) is 11.6 Å². The van der Waals surface area contributed by atoms with Crippen LogP contribution in [0.1, 0.15) is 26.5 Å². The number of anilines is 1. The van der Waals surface area contributed by atoms with E-state index >= 15 is 0 Å². The molecule has 0 fully saturated rings. The van der Waals surface area contributed by atoms with Gasteiger partial charge in [0.25, 0.3) is 5.91 Å². The Morgan fingerprint density at radius 3 is 2.43 bits per heavy atom. The van der Waals surface area contributed by atoms with E-state index in [2.05, 4.69) is 10.3 Å². The minimum absolute atomic E-state index is 0.129. The first-order chi connectivity index (χ1) is 9.68. The maximum absolute atomic E-state index is 12.3. The Morgan fingerprint density at radius 2 is 1.90 bits per heavy atom. The summed E-state index contributed by atoms with van der Waals surface area (Å²) >= 11 is 1.39. The van der Waals surface area contributed by atoms with Crippen LogP contribution in [-0.2, 0) is 9.84 Å². The molecule has 5 nitrogen and oxygen atoms in total. The van der Waals surface area contributed by atoms with Crippen LogP contribution in [0.3, 0.4) is 0 Å². The number of carbonyl (C=O) groups is 1. The first-order valence-corrected chi connectivity index (χ1v) is 8.95. The van der Waals surface area contributed by atoms with E-state index in [9.17, 15) is 13.2 Å². The van der Waals surface area contributed by atoms with Crippen LogP contribution < -0.4 is 5.32 Å². The van der Waals surface area contributed by atoms with Crippen molar-refractivity contribution in [3.63, 3.8) is 0 Å². The highest BCUT2D eigenvalue weighted by atomic mass is 32.2. The van der Waals surface area contributed by atoms with E-state index in [-0.39, 0.29) is 10.8 Å². The summed E-state index contributed by atoms with van der Waals surface area (Å²) < 4.78 is 23.2. The lowest BCUT2D eigenvalue weighted by molar-refractivity contribution is 0.102. The van der Waals surface area contributed by atoms with Crippen LogP contribution in [0, 0.1) is 20.8 Å². The highest BCUT2D eigenvalue weighted by Crippen LogP contribution is 2.23. The second-order valence-corrected chi connectivity index (χ2v) is 8.08. The average Bonchev–Trinajstić information content (AvgIpc) is 2.67. The van der Waals surface area contributed by atoms with Crippen LogP contribution in [0.5, 0.6) is 0 Å². The van der Waals surface area contributed by atoms with Gasteiger partial charge in [-0.2, -0.15) is 0 Å². The molecule has 0 atom stereocenters. The van der Waals surface area contributed by atoms with Crippen LogP contribution in [0.2, 0.25) is 0 Å². The summed E-state index contributed by atoms with van der Waals surface area (Å²) in [7, 11) is -3.34. The summed E-state index contributed by atoms with van der Waals surface area (Å²) in [6, 6.07) is 4.52. The van der Waals surface area contributed by atoms with Gasteiger partial charge in [0, 0.05) is 16.7 Å². The molecule has 2 rings (SSSR count). The number of amides is 1. The lowest BCUT2D eigenvalue weighted by atomic mass is 10.1. The van der Waals surface area contributed by atoms with Crippen molar-refractivity contribution in [1.82, 2.24) is 4.98 Å². The van der Waals surface area contributed by atoms with Gasteiger partial charge in [0.2, 0.25) is 0 Å². The number of hydrogen-bond donors (Lipinski definition) is 1. The zero-order chi connectivity index (χ0) is 15.8. The molecule has 0 aliphatic rings. The van der Waals surface area contributed by atoms with Crippen molar-refractivity contribution in [3.8, 4) is 0 Å². The molecule has 0 radical (unpaired) electrons. The summed E-state index contributed by atoms with van der Waals surface area (Å²) in [5.41, 5.74) is 1.92. The van der Waals surface area contributed by atoms with Gasteiger partial charge >= 0.3 is 0 Å². The van der Waals surface area contributed by atoms with Gasteiger partial charge in [-0.1, -0.05) is 6.07 Å². The highest BCUT2D eigenvalue weighted by molar-refractivity contribution is 7.90. The predicted molar refractivity (Wildman–Crippen MR) is 83.8 cm³/mol. The second kappa shape index (κ2) is 5.57. The highest BCUT2D eigenvalue weighted by Gasteiger charge is 2.16. The van der Waals surface area contributed by atoms with Crippen molar-refractivity contribution in [2.45, 2.75) is 25.7 Å². The molecule has 0 bridgehead atoms. The first kappa shape index (κ1) is 15.7. The third kappa shape index (κ3) is 3.48. The van der Waals surface area contributed by atoms with E-state index in [4.69, 9.17) is 0 Å². The third-order valence-electron chi connectivity index (χ3n) is 3.13. The van der Waals surface area contributed by atoms with Gasteiger partial charge < -0.3 is 0 Å². The molecule has 7 heteroatoms. The molecule has 112 valence electrons. The molecule has 0 aliphatic carbocycles. The summed E-state index contributed by atoms with van der Waals surface area (Å²) in [5.74, 6) is -0.355. The topological polar surface area (TPSA) is 76.1 Å².